The Bertz CT molecular complexity index is 903. The predicted molar refractivity (Wildman–Crippen MR) is 92.3 cm³/mol. The Balaban J connectivity index is 1.92. The summed E-state index contributed by atoms with van der Waals surface area (Å²) in [6.07, 6.45) is 0. The molecule has 0 spiro atoms. The number of hydrogen-bond donors (Lipinski definition) is 0. The van der Waals surface area contributed by atoms with E-state index in [-0.39, 0.29) is 0 Å². The molecule has 0 aliphatic rings. The topological polar surface area (TPSA) is 33.0 Å². The molecule has 0 atom stereocenters. The maximum Gasteiger partial charge on any atom is 0.138 e. The smallest absolute Gasteiger partial charge is 0.138 e. The summed E-state index contributed by atoms with van der Waals surface area (Å²) < 4.78 is 19.0. The highest BCUT2D eigenvalue weighted by Crippen LogP contribution is 2.32. The van der Waals surface area contributed by atoms with Crippen LogP contribution in [0.1, 0.15) is 11.1 Å². The molecular formula is C20H13ClFNO. The van der Waals surface area contributed by atoms with Crippen molar-refractivity contribution in [3.63, 3.8) is 0 Å². The normalized spacial score (nSPS) is 10.2. The van der Waals surface area contributed by atoms with Crippen molar-refractivity contribution in [3.8, 4) is 22.9 Å². The first kappa shape index (κ1) is 16.0. The van der Waals surface area contributed by atoms with Gasteiger partial charge in [0, 0.05) is 5.56 Å². The van der Waals surface area contributed by atoms with Gasteiger partial charge in [-0.15, -0.1) is 0 Å². The highest BCUT2D eigenvalue weighted by Gasteiger charge is 2.10. The summed E-state index contributed by atoms with van der Waals surface area (Å²) in [6.45, 7) is 0.357. The van der Waals surface area contributed by atoms with Crippen molar-refractivity contribution in [1.29, 1.82) is 5.26 Å². The number of halogens is 2. The molecular weight excluding hydrogens is 325 g/mol. The number of nitriles is 1. The fourth-order valence-electron chi connectivity index (χ4n) is 2.36. The third-order valence-corrected chi connectivity index (χ3v) is 3.89. The molecule has 0 aromatic heterocycles. The second kappa shape index (κ2) is 7.16. The number of nitrogens with zero attached hydrogens (tertiary/aromatic N) is 1. The van der Waals surface area contributed by atoms with Gasteiger partial charge >= 0.3 is 0 Å². The van der Waals surface area contributed by atoms with Crippen molar-refractivity contribution in [2.45, 2.75) is 6.61 Å². The van der Waals surface area contributed by atoms with Crippen LogP contribution in [0.4, 0.5) is 4.39 Å². The molecule has 0 radical (unpaired) electrons. The fourth-order valence-corrected chi connectivity index (χ4v) is 2.64. The lowest BCUT2D eigenvalue weighted by Gasteiger charge is -2.11. The lowest BCUT2D eigenvalue weighted by molar-refractivity contribution is 0.305. The van der Waals surface area contributed by atoms with E-state index in [4.69, 9.17) is 16.3 Å². The van der Waals surface area contributed by atoms with E-state index in [1.165, 1.54) is 12.1 Å². The summed E-state index contributed by atoms with van der Waals surface area (Å²) >= 11 is 6.12. The molecule has 4 heteroatoms. The van der Waals surface area contributed by atoms with E-state index in [1.807, 2.05) is 30.3 Å². The first-order valence-corrected chi connectivity index (χ1v) is 7.71. The molecule has 24 heavy (non-hydrogen) atoms. The lowest BCUT2D eigenvalue weighted by Crippen LogP contribution is -1.97. The van der Waals surface area contributed by atoms with Crippen LogP contribution in [-0.4, -0.2) is 0 Å². The lowest BCUT2D eigenvalue weighted by atomic mass is 10.0. The summed E-state index contributed by atoms with van der Waals surface area (Å²) in [5.74, 6) is 0.0807. The van der Waals surface area contributed by atoms with Crippen LogP contribution in [0.15, 0.2) is 66.7 Å². The van der Waals surface area contributed by atoms with Crippen molar-refractivity contribution < 1.29 is 9.13 Å². The van der Waals surface area contributed by atoms with Crippen molar-refractivity contribution in [3.05, 3.63) is 88.7 Å². The molecule has 0 unspecified atom stereocenters. The summed E-state index contributed by atoms with van der Waals surface area (Å²) in [5, 5.41) is 9.58. The minimum atomic E-state index is -0.391. The standard InChI is InChI=1S/C20H13ClFNO/c21-19-11-17(22)8-9-18(19)15-6-7-16(12-23)20(10-15)24-13-14-4-2-1-3-5-14/h1-11H,13H2. The Labute approximate surface area is 144 Å². The first-order chi connectivity index (χ1) is 11.7. The van der Waals surface area contributed by atoms with E-state index in [1.54, 1.807) is 24.3 Å². The zero-order chi connectivity index (χ0) is 16.9. The summed E-state index contributed by atoms with van der Waals surface area (Å²) in [5.41, 5.74) is 2.90. The molecule has 118 valence electrons. The summed E-state index contributed by atoms with van der Waals surface area (Å²) in [4.78, 5) is 0. The van der Waals surface area contributed by atoms with Gasteiger partial charge in [-0.2, -0.15) is 5.26 Å². The van der Waals surface area contributed by atoms with Crippen LogP contribution in [0.5, 0.6) is 5.75 Å². The number of ether oxygens (including phenoxy) is 1. The number of hydrogen-bond acceptors (Lipinski definition) is 2. The maximum atomic E-state index is 13.2. The zero-order valence-corrected chi connectivity index (χ0v) is 13.4. The Hall–Kier alpha value is -2.83. The van der Waals surface area contributed by atoms with E-state index in [9.17, 15) is 9.65 Å². The predicted octanol–water partition coefficient (Wildman–Crippen LogP) is 5.60. The third-order valence-electron chi connectivity index (χ3n) is 3.58. The highest BCUT2D eigenvalue weighted by atomic mass is 35.5. The molecule has 0 bridgehead atoms. The Morgan fingerprint density at radius 3 is 2.50 bits per heavy atom. The number of rotatable bonds is 4. The van der Waals surface area contributed by atoms with Crippen molar-refractivity contribution in [1.82, 2.24) is 0 Å². The van der Waals surface area contributed by atoms with Crippen LogP contribution in [0.2, 0.25) is 5.02 Å². The van der Waals surface area contributed by atoms with Crippen LogP contribution in [0.3, 0.4) is 0 Å². The Kier molecular flexibility index (Phi) is 4.79. The van der Waals surface area contributed by atoms with Crippen molar-refractivity contribution in [2.75, 3.05) is 0 Å². The van der Waals surface area contributed by atoms with Gasteiger partial charge in [-0.1, -0.05) is 48.0 Å². The van der Waals surface area contributed by atoms with Gasteiger partial charge in [-0.3, -0.25) is 0 Å². The Morgan fingerprint density at radius 2 is 1.79 bits per heavy atom. The van der Waals surface area contributed by atoms with Crippen LogP contribution in [0, 0.1) is 17.1 Å². The molecule has 0 saturated carbocycles. The fraction of sp³-hybridized carbons (Fsp3) is 0.0500. The summed E-state index contributed by atoms with van der Waals surface area (Å²) in [7, 11) is 0. The molecule has 0 fully saturated rings. The average molecular weight is 338 g/mol. The zero-order valence-electron chi connectivity index (χ0n) is 12.7. The van der Waals surface area contributed by atoms with Gasteiger partial charge in [-0.05, 0) is 41.5 Å². The van der Waals surface area contributed by atoms with E-state index in [2.05, 4.69) is 6.07 Å². The molecule has 3 aromatic rings. The van der Waals surface area contributed by atoms with Crippen molar-refractivity contribution in [2.24, 2.45) is 0 Å². The van der Waals surface area contributed by atoms with Gasteiger partial charge in [0.2, 0.25) is 0 Å². The van der Waals surface area contributed by atoms with Crippen molar-refractivity contribution >= 4 is 11.6 Å². The van der Waals surface area contributed by atoms with Gasteiger partial charge in [-0.25, -0.2) is 4.39 Å². The number of benzene rings is 3. The van der Waals surface area contributed by atoms with E-state index < -0.39 is 5.82 Å². The minimum absolute atomic E-state index is 0.314. The quantitative estimate of drug-likeness (QED) is 0.621. The van der Waals surface area contributed by atoms with Gasteiger partial charge in [0.15, 0.2) is 0 Å². The average Bonchev–Trinajstić information content (AvgIpc) is 2.60. The molecule has 0 aliphatic carbocycles. The van der Waals surface area contributed by atoms with Crippen LogP contribution in [-0.2, 0) is 6.61 Å². The second-order valence-electron chi connectivity index (χ2n) is 5.22. The molecule has 0 aliphatic heterocycles. The van der Waals surface area contributed by atoms with Gasteiger partial charge in [0.05, 0.1) is 10.6 Å². The molecule has 0 saturated heterocycles. The minimum Gasteiger partial charge on any atom is -0.488 e. The Morgan fingerprint density at radius 1 is 1.00 bits per heavy atom. The molecule has 3 aromatic carbocycles. The van der Waals surface area contributed by atoms with E-state index >= 15 is 0 Å². The van der Waals surface area contributed by atoms with Crippen LogP contribution < -0.4 is 4.74 Å². The molecule has 2 nitrogen and oxygen atoms in total. The molecule has 0 amide bonds. The molecule has 0 N–H and O–H groups in total. The third kappa shape index (κ3) is 3.56. The largest absolute Gasteiger partial charge is 0.488 e. The highest BCUT2D eigenvalue weighted by molar-refractivity contribution is 6.33. The van der Waals surface area contributed by atoms with Crippen LogP contribution in [0.25, 0.3) is 11.1 Å². The van der Waals surface area contributed by atoms with Gasteiger partial charge < -0.3 is 4.74 Å². The second-order valence-corrected chi connectivity index (χ2v) is 5.63. The summed E-state index contributed by atoms with van der Waals surface area (Å²) in [6, 6.07) is 21.2. The van der Waals surface area contributed by atoms with E-state index in [0.717, 1.165) is 11.1 Å². The molecule has 3 rings (SSSR count). The van der Waals surface area contributed by atoms with Gasteiger partial charge in [0.1, 0.15) is 24.2 Å². The van der Waals surface area contributed by atoms with Crippen LogP contribution >= 0.6 is 11.6 Å². The SMILES string of the molecule is N#Cc1ccc(-c2ccc(F)cc2Cl)cc1OCc1ccccc1. The van der Waals surface area contributed by atoms with Gasteiger partial charge in [0.25, 0.3) is 0 Å². The van der Waals surface area contributed by atoms with E-state index in [0.29, 0.717) is 28.5 Å². The first-order valence-electron chi connectivity index (χ1n) is 7.33. The molecule has 0 heterocycles. The maximum absolute atomic E-state index is 13.2. The monoisotopic (exact) mass is 337 g/mol.